The van der Waals surface area contributed by atoms with Crippen molar-refractivity contribution in [2.45, 2.75) is 26.4 Å². The summed E-state index contributed by atoms with van der Waals surface area (Å²) in [5.74, 6) is 0. The quantitative estimate of drug-likeness (QED) is 0.721. The monoisotopic (exact) mass is 315 g/mol. The highest BCUT2D eigenvalue weighted by Gasteiger charge is 2.20. The van der Waals surface area contributed by atoms with Gasteiger partial charge in [0.05, 0.1) is 13.2 Å². The van der Waals surface area contributed by atoms with Crippen LogP contribution in [0.5, 0.6) is 0 Å². The number of nitrogens with zero attached hydrogens (tertiary/aromatic N) is 1. The van der Waals surface area contributed by atoms with E-state index >= 15 is 0 Å². The summed E-state index contributed by atoms with van der Waals surface area (Å²) < 4.78 is 15.0. The fraction of sp³-hybridized carbons (Fsp3) is 0.571. The van der Waals surface area contributed by atoms with Crippen LogP contribution in [0, 0.1) is 0 Å². The van der Waals surface area contributed by atoms with Crippen LogP contribution >= 0.6 is 11.3 Å². The van der Waals surface area contributed by atoms with Gasteiger partial charge in [-0.3, -0.25) is 0 Å². The van der Waals surface area contributed by atoms with Crippen LogP contribution in [0.25, 0.3) is 0 Å². The van der Waals surface area contributed by atoms with E-state index in [-0.39, 0.29) is 6.61 Å². The maximum atomic E-state index is 11.5. The zero-order valence-electron chi connectivity index (χ0n) is 12.5. The molecular weight excluding hydrogens is 294 g/mol. The second-order valence-corrected chi connectivity index (χ2v) is 5.19. The summed E-state index contributed by atoms with van der Waals surface area (Å²) in [5.41, 5.74) is 0. The van der Waals surface area contributed by atoms with Crippen molar-refractivity contribution in [3.8, 4) is 0 Å². The summed E-state index contributed by atoms with van der Waals surface area (Å²) in [6.45, 7) is 4.48. The minimum absolute atomic E-state index is 0.263. The van der Waals surface area contributed by atoms with Crippen molar-refractivity contribution in [3.05, 3.63) is 22.4 Å². The molecule has 7 heteroatoms. The number of hydrogen-bond donors (Lipinski definition) is 0. The lowest BCUT2D eigenvalue weighted by atomic mass is 10.2. The highest BCUT2D eigenvalue weighted by molar-refractivity contribution is 7.10. The van der Waals surface area contributed by atoms with Crippen LogP contribution in [-0.4, -0.2) is 44.0 Å². The second kappa shape index (κ2) is 9.23. The van der Waals surface area contributed by atoms with Gasteiger partial charge < -0.3 is 19.1 Å². The lowest BCUT2D eigenvalue weighted by Gasteiger charge is -2.20. The summed E-state index contributed by atoms with van der Waals surface area (Å²) in [4.78, 5) is 25.4. The molecule has 1 atom stereocenters. The predicted octanol–water partition coefficient (Wildman–Crippen LogP) is 3.44. The molecule has 0 bridgehead atoms. The molecular formula is C14H21NO5S. The van der Waals surface area contributed by atoms with E-state index in [1.807, 2.05) is 17.5 Å². The smallest absolute Gasteiger partial charge is 0.450 e. The van der Waals surface area contributed by atoms with E-state index < -0.39 is 18.4 Å². The van der Waals surface area contributed by atoms with Gasteiger partial charge in [-0.2, -0.15) is 0 Å². The molecule has 21 heavy (non-hydrogen) atoms. The van der Waals surface area contributed by atoms with Crippen molar-refractivity contribution in [2.24, 2.45) is 0 Å². The first kappa shape index (κ1) is 17.3. The minimum Gasteiger partial charge on any atom is -0.450 e. The number of carbonyl (C=O) groups excluding carboxylic acids is 2. The van der Waals surface area contributed by atoms with Crippen LogP contribution in [0.2, 0.25) is 0 Å². The number of ether oxygens (including phenoxy) is 3. The number of rotatable bonds is 7. The molecule has 118 valence electrons. The molecule has 0 spiro atoms. The van der Waals surface area contributed by atoms with Crippen LogP contribution in [0.1, 0.15) is 31.2 Å². The fourth-order valence-corrected chi connectivity index (χ4v) is 2.43. The number of carbonyl (C=O) groups is 2. The molecule has 1 unspecified atom stereocenters. The minimum atomic E-state index is -0.699. The third-order valence-electron chi connectivity index (χ3n) is 2.67. The van der Waals surface area contributed by atoms with Crippen molar-refractivity contribution in [2.75, 3.05) is 26.8 Å². The van der Waals surface area contributed by atoms with Gasteiger partial charge in [-0.05, 0) is 25.3 Å². The van der Waals surface area contributed by atoms with E-state index in [1.54, 1.807) is 20.9 Å². The Morgan fingerprint density at radius 3 is 2.57 bits per heavy atom. The summed E-state index contributed by atoms with van der Waals surface area (Å²) in [6, 6.07) is 3.77. The van der Waals surface area contributed by atoms with Crippen molar-refractivity contribution in [1.82, 2.24) is 4.90 Å². The molecule has 0 aliphatic carbocycles. The third kappa shape index (κ3) is 6.03. The Hall–Kier alpha value is -1.76. The zero-order chi connectivity index (χ0) is 15.7. The van der Waals surface area contributed by atoms with Crippen LogP contribution in [-0.2, 0) is 14.2 Å². The summed E-state index contributed by atoms with van der Waals surface area (Å²) in [5, 5.41) is 1.91. The Morgan fingerprint density at radius 1 is 1.29 bits per heavy atom. The molecule has 0 saturated heterocycles. The third-order valence-corrected chi connectivity index (χ3v) is 3.63. The maximum Gasteiger partial charge on any atom is 0.508 e. The van der Waals surface area contributed by atoms with Crippen LogP contribution < -0.4 is 0 Å². The average molecular weight is 315 g/mol. The average Bonchev–Trinajstić information content (AvgIpc) is 2.97. The second-order valence-electron chi connectivity index (χ2n) is 4.21. The molecule has 0 aromatic carbocycles. The highest BCUT2D eigenvalue weighted by Crippen LogP contribution is 2.26. The SMILES string of the molecule is CCOC(=O)OC(CCN(C)C(=O)OCC)c1cccs1. The van der Waals surface area contributed by atoms with Gasteiger partial charge in [-0.15, -0.1) is 11.3 Å². The topological polar surface area (TPSA) is 65.1 Å². The van der Waals surface area contributed by atoms with Crippen molar-refractivity contribution < 1.29 is 23.8 Å². The first-order chi connectivity index (χ1) is 10.1. The number of thiophene rings is 1. The van der Waals surface area contributed by atoms with E-state index in [9.17, 15) is 9.59 Å². The van der Waals surface area contributed by atoms with Gasteiger partial charge >= 0.3 is 12.2 Å². The predicted molar refractivity (Wildman–Crippen MR) is 79.4 cm³/mol. The van der Waals surface area contributed by atoms with E-state index in [0.717, 1.165) is 4.88 Å². The van der Waals surface area contributed by atoms with E-state index in [2.05, 4.69) is 0 Å². The van der Waals surface area contributed by atoms with Gasteiger partial charge in [0.25, 0.3) is 0 Å². The molecule has 0 fully saturated rings. The molecule has 0 aliphatic rings. The van der Waals surface area contributed by atoms with E-state index in [0.29, 0.717) is 19.6 Å². The zero-order valence-corrected chi connectivity index (χ0v) is 13.4. The van der Waals surface area contributed by atoms with Gasteiger partial charge in [0.15, 0.2) is 0 Å². The Kier molecular flexibility index (Phi) is 7.60. The molecule has 0 saturated carbocycles. The van der Waals surface area contributed by atoms with E-state index in [1.165, 1.54) is 16.2 Å². The molecule has 1 aromatic heterocycles. The molecule has 0 aliphatic heterocycles. The molecule has 0 N–H and O–H groups in total. The molecule has 6 nitrogen and oxygen atoms in total. The summed E-state index contributed by atoms with van der Waals surface area (Å²) in [7, 11) is 1.65. The first-order valence-corrected chi connectivity index (χ1v) is 7.71. The van der Waals surface area contributed by atoms with Crippen LogP contribution in [0.15, 0.2) is 17.5 Å². The normalized spacial score (nSPS) is 11.6. The Morgan fingerprint density at radius 2 is 2.00 bits per heavy atom. The number of hydrogen-bond acceptors (Lipinski definition) is 6. The molecule has 1 rings (SSSR count). The largest absolute Gasteiger partial charge is 0.508 e. The van der Waals surface area contributed by atoms with E-state index in [4.69, 9.17) is 14.2 Å². The maximum absolute atomic E-state index is 11.5. The first-order valence-electron chi connectivity index (χ1n) is 6.83. The summed E-state index contributed by atoms with van der Waals surface area (Å²) >= 11 is 1.49. The fourth-order valence-electron chi connectivity index (χ4n) is 1.64. The van der Waals surface area contributed by atoms with Gasteiger partial charge in [0.2, 0.25) is 0 Å². The highest BCUT2D eigenvalue weighted by atomic mass is 32.1. The Bertz CT molecular complexity index is 435. The Labute approximate surface area is 128 Å². The van der Waals surface area contributed by atoms with Crippen LogP contribution in [0.3, 0.4) is 0 Å². The van der Waals surface area contributed by atoms with Gasteiger partial charge in [0, 0.05) is 24.9 Å². The van der Waals surface area contributed by atoms with Gasteiger partial charge in [-0.25, -0.2) is 9.59 Å². The van der Waals surface area contributed by atoms with Crippen molar-refractivity contribution in [1.29, 1.82) is 0 Å². The molecule has 1 heterocycles. The molecule has 1 amide bonds. The molecule has 0 radical (unpaired) electrons. The van der Waals surface area contributed by atoms with Crippen LogP contribution in [0.4, 0.5) is 9.59 Å². The van der Waals surface area contributed by atoms with Crippen molar-refractivity contribution in [3.63, 3.8) is 0 Å². The van der Waals surface area contributed by atoms with Crippen molar-refractivity contribution >= 4 is 23.6 Å². The Balaban J connectivity index is 2.57. The number of amides is 1. The lowest BCUT2D eigenvalue weighted by molar-refractivity contribution is 0.0210. The lowest BCUT2D eigenvalue weighted by Crippen LogP contribution is -2.29. The summed E-state index contributed by atoms with van der Waals surface area (Å²) in [6.07, 6.45) is -1.04. The standard InChI is InChI=1S/C14H21NO5S/c1-4-18-13(16)15(3)9-8-11(12-7-6-10-21-12)20-14(17)19-5-2/h6-7,10-11H,4-5,8-9H2,1-3H3. The molecule has 1 aromatic rings. The van der Waals surface area contributed by atoms with Gasteiger partial charge in [-0.1, -0.05) is 6.07 Å². The van der Waals surface area contributed by atoms with Gasteiger partial charge in [0.1, 0.15) is 6.10 Å².